The predicted octanol–water partition coefficient (Wildman–Crippen LogP) is 1.73. The molecule has 0 aromatic carbocycles. The van der Waals surface area contributed by atoms with Crippen LogP contribution in [0.2, 0.25) is 0 Å². The maximum absolute atomic E-state index is 12.7. The molecule has 0 saturated heterocycles. The van der Waals surface area contributed by atoms with Crippen molar-refractivity contribution in [3.63, 3.8) is 0 Å². The predicted molar refractivity (Wildman–Crippen MR) is 61.0 cm³/mol. The van der Waals surface area contributed by atoms with Gasteiger partial charge in [0, 0.05) is 13.1 Å². The molecule has 0 aliphatic heterocycles. The number of nitrogens with zero attached hydrogens (tertiary/aromatic N) is 5. The molecule has 2 aromatic heterocycles. The van der Waals surface area contributed by atoms with Gasteiger partial charge >= 0.3 is 6.18 Å². The van der Waals surface area contributed by atoms with Crippen molar-refractivity contribution in [2.75, 3.05) is 12.4 Å². The molecule has 2 rings (SSSR count). The lowest BCUT2D eigenvalue weighted by atomic mass is 10.4. The van der Waals surface area contributed by atoms with Crippen molar-refractivity contribution in [1.29, 1.82) is 0 Å². The Kier molecular flexibility index (Phi) is 3.13. The standard InChI is InChI=1S/C10H11F3N6/c1-5-15-6(2)19(18-5)8-4-7(14-3)16-9(17-8)10(11,12)13/h4H,1-3H3,(H,14,16,17). The van der Waals surface area contributed by atoms with E-state index in [0.717, 1.165) is 0 Å². The van der Waals surface area contributed by atoms with Gasteiger partial charge in [0.1, 0.15) is 17.5 Å². The molecule has 0 aliphatic rings. The average Bonchev–Trinajstić information content (AvgIpc) is 2.66. The molecule has 0 radical (unpaired) electrons. The summed E-state index contributed by atoms with van der Waals surface area (Å²) in [5.41, 5.74) is 0. The average molecular weight is 272 g/mol. The molecule has 0 unspecified atom stereocenters. The maximum Gasteiger partial charge on any atom is 0.451 e. The second-order valence-electron chi connectivity index (χ2n) is 3.80. The molecular weight excluding hydrogens is 261 g/mol. The van der Waals surface area contributed by atoms with Crippen LogP contribution in [0.15, 0.2) is 6.07 Å². The van der Waals surface area contributed by atoms with Gasteiger partial charge in [-0.2, -0.15) is 17.9 Å². The van der Waals surface area contributed by atoms with Crippen molar-refractivity contribution in [3.05, 3.63) is 23.5 Å². The fourth-order valence-corrected chi connectivity index (χ4v) is 1.54. The summed E-state index contributed by atoms with van der Waals surface area (Å²) >= 11 is 0. The number of anilines is 1. The molecule has 1 N–H and O–H groups in total. The Hall–Kier alpha value is -2.19. The largest absolute Gasteiger partial charge is 0.451 e. The van der Waals surface area contributed by atoms with Crippen molar-refractivity contribution in [2.24, 2.45) is 0 Å². The SMILES string of the molecule is CNc1cc(-n2nc(C)nc2C)nc(C(F)(F)F)n1. The Labute approximate surface area is 106 Å². The smallest absolute Gasteiger partial charge is 0.373 e. The third-order valence-electron chi connectivity index (χ3n) is 2.31. The minimum atomic E-state index is -4.62. The van der Waals surface area contributed by atoms with Gasteiger partial charge in [-0.3, -0.25) is 0 Å². The van der Waals surface area contributed by atoms with E-state index in [2.05, 4.69) is 25.4 Å². The van der Waals surface area contributed by atoms with Gasteiger partial charge in [0.15, 0.2) is 5.82 Å². The molecule has 0 bridgehead atoms. The zero-order valence-electron chi connectivity index (χ0n) is 10.4. The molecule has 2 aromatic rings. The Bertz CT molecular complexity index is 604. The van der Waals surface area contributed by atoms with E-state index < -0.39 is 12.0 Å². The molecule has 2 heterocycles. The molecule has 0 aliphatic carbocycles. The second-order valence-corrected chi connectivity index (χ2v) is 3.80. The van der Waals surface area contributed by atoms with E-state index in [-0.39, 0.29) is 11.6 Å². The highest BCUT2D eigenvalue weighted by Crippen LogP contribution is 2.27. The van der Waals surface area contributed by atoms with Gasteiger partial charge in [0.05, 0.1) is 0 Å². The maximum atomic E-state index is 12.7. The van der Waals surface area contributed by atoms with Crippen LogP contribution in [-0.2, 0) is 6.18 Å². The fraction of sp³-hybridized carbons (Fsp3) is 0.400. The van der Waals surface area contributed by atoms with Crippen LogP contribution in [0.4, 0.5) is 19.0 Å². The van der Waals surface area contributed by atoms with Gasteiger partial charge in [0.25, 0.3) is 0 Å². The fourth-order valence-electron chi connectivity index (χ4n) is 1.54. The van der Waals surface area contributed by atoms with E-state index in [1.807, 2.05) is 0 Å². The van der Waals surface area contributed by atoms with Crippen LogP contribution in [0.5, 0.6) is 0 Å². The molecular formula is C10H11F3N6. The molecule has 0 fully saturated rings. The quantitative estimate of drug-likeness (QED) is 0.901. The summed E-state index contributed by atoms with van der Waals surface area (Å²) in [6.07, 6.45) is -4.62. The normalized spacial score (nSPS) is 11.7. The lowest BCUT2D eigenvalue weighted by Gasteiger charge is -2.10. The summed E-state index contributed by atoms with van der Waals surface area (Å²) in [5, 5.41) is 6.56. The minimum absolute atomic E-state index is 0.0183. The molecule has 9 heteroatoms. The van der Waals surface area contributed by atoms with Crippen LogP contribution in [0.25, 0.3) is 5.82 Å². The first-order chi connectivity index (χ1) is 8.81. The number of aryl methyl sites for hydroxylation is 2. The first-order valence-corrected chi connectivity index (χ1v) is 5.36. The Morgan fingerprint density at radius 2 is 1.84 bits per heavy atom. The monoisotopic (exact) mass is 272 g/mol. The summed E-state index contributed by atoms with van der Waals surface area (Å²) in [5.74, 6) is -0.237. The first kappa shape index (κ1) is 13.2. The van der Waals surface area contributed by atoms with Crippen molar-refractivity contribution in [3.8, 4) is 5.82 Å². The van der Waals surface area contributed by atoms with Gasteiger partial charge in [-0.05, 0) is 13.8 Å². The molecule has 0 atom stereocenters. The van der Waals surface area contributed by atoms with Crippen molar-refractivity contribution in [1.82, 2.24) is 24.7 Å². The molecule has 0 saturated carbocycles. The summed E-state index contributed by atoms with van der Waals surface area (Å²) in [6, 6.07) is 1.37. The number of nitrogens with one attached hydrogen (secondary N) is 1. The minimum Gasteiger partial charge on any atom is -0.373 e. The summed E-state index contributed by atoms with van der Waals surface area (Å²) in [4.78, 5) is 10.9. The van der Waals surface area contributed by atoms with E-state index in [1.54, 1.807) is 13.8 Å². The van der Waals surface area contributed by atoms with Crippen molar-refractivity contribution in [2.45, 2.75) is 20.0 Å². The van der Waals surface area contributed by atoms with Crippen molar-refractivity contribution < 1.29 is 13.2 Å². The van der Waals surface area contributed by atoms with Gasteiger partial charge < -0.3 is 5.32 Å². The third kappa shape index (κ3) is 2.64. The Morgan fingerprint density at radius 1 is 1.16 bits per heavy atom. The number of hydrogen-bond donors (Lipinski definition) is 1. The highest BCUT2D eigenvalue weighted by atomic mass is 19.4. The number of alkyl halides is 3. The summed E-state index contributed by atoms with van der Waals surface area (Å²) in [7, 11) is 1.48. The Balaban J connectivity index is 2.60. The number of aromatic nitrogens is 5. The Morgan fingerprint density at radius 3 is 2.32 bits per heavy atom. The highest BCUT2D eigenvalue weighted by molar-refractivity contribution is 5.41. The zero-order valence-corrected chi connectivity index (χ0v) is 10.4. The van der Waals surface area contributed by atoms with E-state index >= 15 is 0 Å². The number of halogens is 3. The molecule has 102 valence electrons. The molecule has 19 heavy (non-hydrogen) atoms. The van der Waals surface area contributed by atoms with Gasteiger partial charge in [0.2, 0.25) is 5.82 Å². The van der Waals surface area contributed by atoms with E-state index in [4.69, 9.17) is 0 Å². The van der Waals surface area contributed by atoms with Gasteiger partial charge in [-0.25, -0.2) is 15.0 Å². The van der Waals surface area contributed by atoms with Crippen LogP contribution in [0, 0.1) is 13.8 Å². The molecule has 6 nitrogen and oxygen atoms in total. The van der Waals surface area contributed by atoms with Crippen LogP contribution in [0.3, 0.4) is 0 Å². The number of rotatable bonds is 2. The van der Waals surface area contributed by atoms with Gasteiger partial charge in [-0.1, -0.05) is 0 Å². The molecule has 0 spiro atoms. The highest BCUT2D eigenvalue weighted by Gasteiger charge is 2.35. The van der Waals surface area contributed by atoms with Crippen molar-refractivity contribution >= 4 is 5.82 Å². The topological polar surface area (TPSA) is 68.5 Å². The first-order valence-electron chi connectivity index (χ1n) is 5.36. The van der Waals surface area contributed by atoms with Crippen LogP contribution >= 0.6 is 0 Å². The lowest BCUT2D eigenvalue weighted by molar-refractivity contribution is -0.144. The summed E-state index contributed by atoms with van der Waals surface area (Å²) in [6.45, 7) is 3.28. The van der Waals surface area contributed by atoms with Gasteiger partial charge in [-0.15, -0.1) is 5.10 Å². The van der Waals surface area contributed by atoms with Crippen LogP contribution in [-0.4, -0.2) is 31.8 Å². The second kappa shape index (κ2) is 4.48. The summed E-state index contributed by atoms with van der Waals surface area (Å²) < 4.78 is 39.4. The van der Waals surface area contributed by atoms with Crippen LogP contribution in [0.1, 0.15) is 17.5 Å². The van der Waals surface area contributed by atoms with E-state index in [9.17, 15) is 13.2 Å². The number of hydrogen-bond acceptors (Lipinski definition) is 5. The third-order valence-corrected chi connectivity index (χ3v) is 2.31. The lowest BCUT2D eigenvalue weighted by Crippen LogP contribution is -2.15. The van der Waals surface area contributed by atoms with E-state index in [1.165, 1.54) is 17.8 Å². The molecule has 0 amide bonds. The zero-order chi connectivity index (χ0) is 14.2. The van der Waals surface area contributed by atoms with Crippen LogP contribution < -0.4 is 5.32 Å². The van der Waals surface area contributed by atoms with E-state index in [0.29, 0.717) is 11.6 Å².